The number of carbonyl (C=O) groups is 2. The van der Waals surface area contributed by atoms with Crippen molar-refractivity contribution < 1.29 is 32.6 Å². The SMILES string of the molecule is CCOC(=O)CCN1Cc2cc(-c3cn(C(=O)OC(C)(C)C)c4cc(F)ccc34)ccc2S1(O)O. The van der Waals surface area contributed by atoms with Crippen molar-refractivity contribution in [2.24, 2.45) is 0 Å². The number of nitrogens with zero attached hydrogens (tertiary/aromatic N) is 2. The van der Waals surface area contributed by atoms with Crippen LogP contribution in [0.25, 0.3) is 22.0 Å². The summed E-state index contributed by atoms with van der Waals surface area (Å²) in [5.41, 5.74) is 1.75. The Morgan fingerprint density at radius 2 is 1.89 bits per heavy atom. The maximum atomic E-state index is 14.1. The third-order valence-corrected chi connectivity index (χ3v) is 7.62. The van der Waals surface area contributed by atoms with E-state index >= 15 is 0 Å². The van der Waals surface area contributed by atoms with Gasteiger partial charge in [0.05, 0.1) is 23.4 Å². The minimum atomic E-state index is -3.24. The standard InChI is InChI=1S/C25H29FN2O6S/c1-5-33-23(29)10-11-27-14-17-12-16(6-9-22(17)35(27,31)32)20-15-28(24(30)34-25(2,3)4)21-13-18(26)7-8-19(20)21/h6-9,12-13,15,31-32H,5,10-11,14H2,1-4H3. The molecule has 0 spiro atoms. The monoisotopic (exact) mass is 504 g/mol. The summed E-state index contributed by atoms with van der Waals surface area (Å²) in [6.07, 6.45) is 1.02. The summed E-state index contributed by atoms with van der Waals surface area (Å²) < 4.78 is 48.9. The van der Waals surface area contributed by atoms with Gasteiger partial charge in [-0.05, 0) is 69.2 Å². The molecule has 0 aliphatic carbocycles. The molecule has 0 radical (unpaired) electrons. The lowest BCUT2D eigenvalue weighted by atomic mass is 10.0. The average Bonchev–Trinajstić information content (AvgIpc) is 3.25. The number of hydrogen-bond acceptors (Lipinski definition) is 7. The second-order valence-corrected chi connectivity index (χ2v) is 11.3. The normalized spacial score (nSPS) is 16.2. The van der Waals surface area contributed by atoms with Crippen LogP contribution in [0.3, 0.4) is 0 Å². The van der Waals surface area contributed by atoms with Crippen molar-refractivity contribution in [1.82, 2.24) is 8.87 Å². The van der Waals surface area contributed by atoms with Crippen LogP contribution < -0.4 is 0 Å². The van der Waals surface area contributed by atoms with E-state index in [0.29, 0.717) is 26.9 Å². The van der Waals surface area contributed by atoms with Crippen LogP contribution in [0.1, 0.15) is 39.7 Å². The number of ether oxygens (including phenoxy) is 2. The minimum absolute atomic E-state index is 0.0412. The maximum absolute atomic E-state index is 14.1. The lowest BCUT2D eigenvalue weighted by molar-refractivity contribution is -0.143. The third-order valence-electron chi connectivity index (χ3n) is 5.60. The van der Waals surface area contributed by atoms with E-state index in [-0.39, 0.29) is 26.1 Å². The van der Waals surface area contributed by atoms with Crippen LogP contribution >= 0.6 is 10.8 Å². The summed E-state index contributed by atoms with van der Waals surface area (Å²) >= 11 is 0. The van der Waals surface area contributed by atoms with Crippen LogP contribution in [0, 0.1) is 5.82 Å². The molecule has 0 saturated carbocycles. The molecule has 2 N–H and O–H groups in total. The predicted molar refractivity (Wildman–Crippen MR) is 132 cm³/mol. The maximum Gasteiger partial charge on any atom is 0.419 e. The molecule has 0 saturated heterocycles. The molecule has 0 unspecified atom stereocenters. The molecule has 0 atom stereocenters. The van der Waals surface area contributed by atoms with Crippen molar-refractivity contribution in [2.45, 2.75) is 51.2 Å². The zero-order valence-electron chi connectivity index (χ0n) is 20.1. The summed E-state index contributed by atoms with van der Waals surface area (Å²) in [6.45, 7) is 7.62. The second-order valence-electron chi connectivity index (χ2n) is 9.31. The fraction of sp³-hybridized carbons (Fsp3) is 0.360. The molecule has 2 aromatic carbocycles. The van der Waals surface area contributed by atoms with Crippen LogP contribution in [-0.4, -0.2) is 48.8 Å². The van der Waals surface area contributed by atoms with E-state index in [9.17, 15) is 23.1 Å². The van der Waals surface area contributed by atoms with Gasteiger partial charge in [0.2, 0.25) is 0 Å². The highest BCUT2D eigenvalue weighted by molar-refractivity contribution is 8.22. The van der Waals surface area contributed by atoms with Crippen LogP contribution in [0.5, 0.6) is 0 Å². The second kappa shape index (κ2) is 9.27. The molecule has 35 heavy (non-hydrogen) atoms. The topological polar surface area (TPSA) is 101 Å². The van der Waals surface area contributed by atoms with Gasteiger partial charge >= 0.3 is 12.1 Å². The quantitative estimate of drug-likeness (QED) is 0.410. The van der Waals surface area contributed by atoms with E-state index in [0.717, 1.165) is 5.56 Å². The van der Waals surface area contributed by atoms with Crippen molar-refractivity contribution in [1.29, 1.82) is 0 Å². The van der Waals surface area contributed by atoms with Crippen LogP contribution in [0.2, 0.25) is 0 Å². The molecule has 3 aromatic rings. The molecule has 1 aromatic heterocycles. The molecule has 1 aliphatic rings. The van der Waals surface area contributed by atoms with Crippen molar-refractivity contribution in [3.63, 3.8) is 0 Å². The highest BCUT2D eigenvalue weighted by atomic mass is 32.3. The van der Waals surface area contributed by atoms with Gasteiger partial charge in [-0.2, -0.15) is 4.31 Å². The Hall–Kier alpha value is -2.92. The number of hydrogen-bond donors (Lipinski definition) is 2. The van der Waals surface area contributed by atoms with Crippen LogP contribution in [-0.2, 0) is 20.8 Å². The number of rotatable bonds is 5. The Bertz CT molecular complexity index is 1300. The van der Waals surface area contributed by atoms with Gasteiger partial charge in [0.15, 0.2) is 0 Å². The molecule has 8 nitrogen and oxygen atoms in total. The zero-order chi connectivity index (χ0) is 25.5. The van der Waals surface area contributed by atoms with Crippen molar-refractivity contribution in [2.75, 3.05) is 13.2 Å². The fourth-order valence-electron chi connectivity index (χ4n) is 4.10. The lowest BCUT2D eigenvalue weighted by Gasteiger charge is -2.37. The van der Waals surface area contributed by atoms with Crippen LogP contribution in [0.15, 0.2) is 47.5 Å². The summed E-state index contributed by atoms with van der Waals surface area (Å²) in [4.78, 5) is 25.0. The lowest BCUT2D eigenvalue weighted by Crippen LogP contribution is -2.26. The van der Waals surface area contributed by atoms with Gasteiger partial charge in [0.1, 0.15) is 11.4 Å². The van der Waals surface area contributed by atoms with Crippen molar-refractivity contribution in [3.8, 4) is 11.1 Å². The Balaban J connectivity index is 1.70. The average molecular weight is 505 g/mol. The molecule has 2 heterocycles. The molecule has 0 bridgehead atoms. The van der Waals surface area contributed by atoms with Gasteiger partial charge in [-0.25, -0.2) is 9.18 Å². The van der Waals surface area contributed by atoms with Gasteiger partial charge in [0, 0.05) is 30.2 Å². The van der Waals surface area contributed by atoms with E-state index in [4.69, 9.17) is 9.47 Å². The molecule has 1 aliphatic heterocycles. The Labute approximate surface area is 204 Å². The predicted octanol–water partition coefficient (Wildman–Crippen LogP) is 6.02. The number of esters is 1. The molecule has 0 fully saturated rings. The number of fused-ring (bicyclic) bond motifs is 2. The van der Waals surface area contributed by atoms with Gasteiger partial charge in [0.25, 0.3) is 0 Å². The van der Waals surface area contributed by atoms with Crippen molar-refractivity contribution >= 4 is 33.7 Å². The molecule has 188 valence electrons. The van der Waals surface area contributed by atoms with Crippen molar-refractivity contribution in [3.05, 3.63) is 54.0 Å². The largest absolute Gasteiger partial charge is 0.466 e. The summed E-state index contributed by atoms with van der Waals surface area (Å²) in [5.74, 6) is -0.881. The molecular formula is C25H29FN2O6S. The number of halogens is 1. The number of aromatic nitrogens is 1. The number of carbonyl (C=O) groups excluding carboxylic acids is 2. The molecule has 4 rings (SSSR count). The van der Waals surface area contributed by atoms with Crippen LogP contribution in [0.4, 0.5) is 9.18 Å². The Kier molecular flexibility index (Phi) is 6.67. The summed E-state index contributed by atoms with van der Waals surface area (Å²) in [5, 5.41) is 0.654. The highest BCUT2D eigenvalue weighted by Gasteiger charge is 2.35. The first-order valence-electron chi connectivity index (χ1n) is 11.3. The number of benzene rings is 2. The highest BCUT2D eigenvalue weighted by Crippen LogP contribution is 2.59. The van der Waals surface area contributed by atoms with E-state index in [1.165, 1.54) is 21.0 Å². The first kappa shape index (κ1) is 25.2. The van der Waals surface area contributed by atoms with Gasteiger partial charge in [-0.1, -0.05) is 6.07 Å². The Morgan fingerprint density at radius 3 is 2.57 bits per heavy atom. The van der Waals surface area contributed by atoms with E-state index in [1.54, 1.807) is 52.1 Å². The van der Waals surface area contributed by atoms with E-state index in [1.807, 2.05) is 6.07 Å². The van der Waals surface area contributed by atoms with E-state index < -0.39 is 34.3 Å². The van der Waals surface area contributed by atoms with E-state index in [2.05, 4.69) is 0 Å². The van der Waals surface area contributed by atoms with Gasteiger partial charge < -0.3 is 9.47 Å². The first-order valence-corrected chi connectivity index (χ1v) is 12.8. The smallest absolute Gasteiger partial charge is 0.419 e. The van der Waals surface area contributed by atoms with Gasteiger partial charge in [-0.15, -0.1) is 10.8 Å². The molecule has 10 heteroatoms. The van der Waals surface area contributed by atoms with Gasteiger partial charge in [-0.3, -0.25) is 18.5 Å². The zero-order valence-corrected chi connectivity index (χ0v) is 20.9. The molecule has 0 amide bonds. The first-order chi connectivity index (χ1) is 16.4. The minimum Gasteiger partial charge on any atom is -0.466 e. The fourth-order valence-corrected chi connectivity index (χ4v) is 5.77. The third kappa shape index (κ3) is 5.06. The summed E-state index contributed by atoms with van der Waals surface area (Å²) in [6, 6.07) is 9.42. The summed E-state index contributed by atoms with van der Waals surface area (Å²) in [7, 11) is -3.24. The molecular weight excluding hydrogens is 475 g/mol. The Morgan fingerprint density at radius 1 is 1.14 bits per heavy atom.